The van der Waals surface area contributed by atoms with Crippen molar-refractivity contribution in [3.05, 3.63) is 16.2 Å². The Morgan fingerprint density at radius 2 is 1.87 bits per heavy atom. The Labute approximate surface area is 79.3 Å². The number of hydrogen-bond acceptors (Lipinski definition) is 4. The number of H-pyrrole nitrogens is 2. The van der Waals surface area contributed by atoms with Gasteiger partial charge in [-0.3, -0.25) is 9.78 Å². The molecule has 0 aromatic carbocycles. The zero-order chi connectivity index (χ0) is 11.2. The molecular weight excluding hydrogens is 215 g/mol. The van der Waals surface area contributed by atoms with E-state index in [2.05, 4.69) is 9.97 Å². The van der Waals surface area contributed by atoms with Gasteiger partial charge in [0.15, 0.2) is 11.2 Å². The number of alkyl halides is 3. The van der Waals surface area contributed by atoms with Crippen molar-refractivity contribution in [3.63, 3.8) is 0 Å². The molecule has 2 rings (SSSR count). The minimum atomic E-state index is -4.65. The predicted octanol–water partition coefficient (Wildman–Crippen LogP) is 0.247. The second-order valence-electron chi connectivity index (χ2n) is 2.73. The molecule has 0 atom stereocenters. The third-order valence-electron chi connectivity index (χ3n) is 1.64. The Balaban J connectivity index is 2.77. The van der Waals surface area contributed by atoms with Crippen LogP contribution in [-0.4, -0.2) is 19.9 Å². The Morgan fingerprint density at radius 3 is 2.47 bits per heavy atom. The number of aromatic amines is 2. The van der Waals surface area contributed by atoms with E-state index in [0.29, 0.717) is 0 Å². The van der Waals surface area contributed by atoms with Gasteiger partial charge in [0.25, 0.3) is 5.56 Å². The standard InChI is InChI=1S/C6H4F3N5O/c7-6(8,9)4-11-1-2(12-4)13-5(10)14-3(1)15/h(H4,10,11,12,13,14,15). The summed E-state index contributed by atoms with van der Waals surface area (Å²) < 4.78 is 36.6. The predicted molar refractivity (Wildman–Crippen MR) is 43.9 cm³/mol. The Hall–Kier alpha value is -2.06. The van der Waals surface area contributed by atoms with E-state index in [0.717, 1.165) is 0 Å². The molecular formula is C6H4F3N5O. The molecule has 6 nitrogen and oxygen atoms in total. The quantitative estimate of drug-likeness (QED) is 0.591. The molecule has 0 saturated carbocycles. The molecule has 2 heterocycles. The molecule has 9 heteroatoms. The van der Waals surface area contributed by atoms with E-state index < -0.39 is 23.1 Å². The highest BCUT2D eigenvalue weighted by molar-refractivity contribution is 5.70. The Morgan fingerprint density at radius 1 is 1.20 bits per heavy atom. The molecule has 0 radical (unpaired) electrons. The van der Waals surface area contributed by atoms with E-state index in [1.54, 1.807) is 0 Å². The molecule has 0 aliphatic carbocycles. The van der Waals surface area contributed by atoms with Crippen LogP contribution < -0.4 is 11.3 Å². The number of fused-ring (bicyclic) bond motifs is 1. The third-order valence-corrected chi connectivity index (χ3v) is 1.64. The molecule has 0 spiro atoms. The normalized spacial score (nSPS) is 12.2. The summed E-state index contributed by atoms with van der Waals surface area (Å²) in [5.41, 5.74) is 3.62. The van der Waals surface area contributed by atoms with Crippen molar-refractivity contribution >= 4 is 17.1 Å². The lowest BCUT2D eigenvalue weighted by Crippen LogP contribution is -2.11. The summed E-state index contributed by atoms with van der Waals surface area (Å²) in [6.07, 6.45) is -4.65. The highest BCUT2D eigenvalue weighted by atomic mass is 19.4. The van der Waals surface area contributed by atoms with Crippen LogP contribution in [0, 0.1) is 0 Å². The first-order chi connectivity index (χ1) is 6.88. The lowest BCUT2D eigenvalue weighted by Gasteiger charge is -1.98. The first kappa shape index (κ1) is 9.49. The third kappa shape index (κ3) is 1.51. The lowest BCUT2D eigenvalue weighted by molar-refractivity contribution is -0.144. The maximum absolute atomic E-state index is 12.2. The van der Waals surface area contributed by atoms with E-state index in [1.807, 2.05) is 9.97 Å². The van der Waals surface area contributed by atoms with Crippen LogP contribution in [0.15, 0.2) is 4.79 Å². The van der Waals surface area contributed by atoms with Crippen LogP contribution in [-0.2, 0) is 6.18 Å². The van der Waals surface area contributed by atoms with Gasteiger partial charge in [0.1, 0.15) is 0 Å². The highest BCUT2D eigenvalue weighted by Gasteiger charge is 2.35. The molecule has 0 aliphatic rings. The number of anilines is 1. The fraction of sp³-hybridized carbons (Fsp3) is 0.167. The SMILES string of the molecule is Nc1nc2[nH]c(C(F)(F)F)nc2c(=O)[nH]1. The fourth-order valence-electron chi connectivity index (χ4n) is 1.06. The highest BCUT2D eigenvalue weighted by Crippen LogP contribution is 2.27. The van der Waals surface area contributed by atoms with Crippen molar-refractivity contribution in [2.45, 2.75) is 6.18 Å². The Kier molecular flexibility index (Phi) is 1.72. The molecule has 0 fully saturated rings. The molecule has 0 aliphatic heterocycles. The molecule has 0 saturated heterocycles. The zero-order valence-corrected chi connectivity index (χ0v) is 7.01. The number of imidazole rings is 1. The number of rotatable bonds is 0. The van der Waals surface area contributed by atoms with Gasteiger partial charge >= 0.3 is 6.18 Å². The van der Waals surface area contributed by atoms with Crippen LogP contribution in [0.4, 0.5) is 19.1 Å². The van der Waals surface area contributed by atoms with Crippen LogP contribution in [0.3, 0.4) is 0 Å². The second-order valence-corrected chi connectivity index (χ2v) is 2.73. The number of nitrogens with one attached hydrogen (secondary N) is 2. The summed E-state index contributed by atoms with van der Waals surface area (Å²) in [4.78, 5) is 21.6. The number of nitrogens with zero attached hydrogens (tertiary/aromatic N) is 2. The van der Waals surface area contributed by atoms with Gasteiger partial charge in [0, 0.05) is 0 Å². The van der Waals surface area contributed by atoms with Gasteiger partial charge in [0.2, 0.25) is 11.8 Å². The van der Waals surface area contributed by atoms with Crippen molar-refractivity contribution in [1.29, 1.82) is 0 Å². The molecule has 0 bridgehead atoms. The minimum Gasteiger partial charge on any atom is -0.369 e. The molecule has 0 amide bonds. The summed E-state index contributed by atoms with van der Waals surface area (Å²) in [7, 11) is 0. The molecule has 2 aromatic rings. The number of hydrogen-bond donors (Lipinski definition) is 3. The number of nitrogens with two attached hydrogens (primary N) is 1. The van der Waals surface area contributed by atoms with Gasteiger partial charge in [-0.25, -0.2) is 4.98 Å². The van der Waals surface area contributed by atoms with Gasteiger partial charge in [-0.2, -0.15) is 18.2 Å². The summed E-state index contributed by atoms with van der Waals surface area (Å²) in [5, 5.41) is 0. The van der Waals surface area contributed by atoms with E-state index in [-0.39, 0.29) is 11.6 Å². The maximum Gasteiger partial charge on any atom is 0.449 e. The van der Waals surface area contributed by atoms with Gasteiger partial charge in [-0.15, -0.1) is 0 Å². The summed E-state index contributed by atoms with van der Waals surface area (Å²) in [6, 6.07) is 0. The smallest absolute Gasteiger partial charge is 0.369 e. The second kappa shape index (κ2) is 2.72. The summed E-state index contributed by atoms with van der Waals surface area (Å²) in [6.45, 7) is 0. The Bertz CT molecular complexity index is 568. The monoisotopic (exact) mass is 219 g/mol. The van der Waals surface area contributed by atoms with E-state index in [1.165, 1.54) is 0 Å². The van der Waals surface area contributed by atoms with Crippen molar-refractivity contribution < 1.29 is 13.2 Å². The largest absolute Gasteiger partial charge is 0.449 e. The molecule has 0 unspecified atom stereocenters. The van der Waals surface area contributed by atoms with Crippen molar-refractivity contribution in [1.82, 2.24) is 19.9 Å². The minimum absolute atomic E-state index is 0.273. The topological polar surface area (TPSA) is 100 Å². The van der Waals surface area contributed by atoms with E-state index in [4.69, 9.17) is 5.73 Å². The van der Waals surface area contributed by atoms with Crippen LogP contribution in [0.25, 0.3) is 11.2 Å². The molecule has 4 N–H and O–H groups in total. The molecule has 2 aromatic heterocycles. The van der Waals surface area contributed by atoms with Crippen molar-refractivity contribution in [3.8, 4) is 0 Å². The average Bonchev–Trinajstić information content (AvgIpc) is 2.46. The van der Waals surface area contributed by atoms with Gasteiger partial charge in [-0.05, 0) is 0 Å². The maximum atomic E-state index is 12.2. The zero-order valence-electron chi connectivity index (χ0n) is 7.01. The fourth-order valence-corrected chi connectivity index (χ4v) is 1.06. The van der Waals surface area contributed by atoms with Crippen LogP contribution >= 0.6 is 0 Å². The van der Waals surface area contributed by atoms with Crippen LogP contribution in [0.2, 0.25) is 0 Å². The van der Waals surface area contributed by atoms with Gasteiger partial charge < -0.3 is 10.7 Å². The summed E-state index contributed by atoms with van der Waals surface area (Å²) >= 11 is 0. The first-order valence-corrected chi connectivity index (χ1v) is 3.70. The number of nitrogen functional groups attached to an aromatic ring is 1. The lowest BCUT2D eigenvalue weighted by atomic mass is 10.5. The average molecular weight is 219 g/mol. The number of halogens is 3. The van der Waals surface area contributed by atoms with Crippen LogP contribution in [0.1, 0.15) is 5.82 Å². The van der Waals surface area contributed by atoms with E-state index >= 15 is 0 Å². The van der Waals surface area contributed by atoms with Gasteiger partial charge in [-0.1, -0.05) is 0 Å². The number of aromatic nitrogens is 4. The van der Waals surface area contributed by atoms with Crippen LogP contribution in [0.5, 0.6) is 0 Å². The van der Waals surface area contributed by atoms with Crippen molar-refractivity contribution in [2.24, 2.45) is 0 Å². The molecule has 15 heavy (non-hydrogen) atoms. The van der Waals surface area contributed by atoms with Crippen molar-refractivity contribution in [2.75, 3.05) is 5.73 Å². The summed E-state index contributed by atoms with van der Waals surface area (Å²) in [5.74, 6) is -1.55. The van der Waals surface area contributed by atoms with Gasteiger partial charge in [0.05, 0.1) is 0 Å². The molecule has 80 valence electrons. The first-order valence-electron chi connectivity index (χ1n) is 3.70. The van der Waals surface area contributed by atoms with E-state index in [9.17, 15) is 18.0 Å².